The number of carbonyl (C=O) groups excluding carboxylic acids is 4. The number of aromatic hydroxyl groups is 2. The number of aliphatic carboxylic acids is 1. The predicted octanol–water partition coefficient (Wildman–Crippen LogP) is -0.107. The van der Waals surface area contributed by atoms with Crippen molar-refractivity contribution in [3.8, 4) is 23.0 Å². The van der Waals surface area contributed by atoms with Gasteiger partial charge in [0.05, 0.1) is 47.1 Å². The van der Waals surface area contributed by atoms with Gasteiger partial charge in [0.2, 0.25) is 12.1 Å². The van der Waals surface area contributed by atoms with Crippen molar-refractivity contribution in [2.75, 3.05) is 13.7 Å². The number of aliphatic hydroxyl groups is 6. The minimum atomic E-state index is -2.41. The van der Waals surface area contributed by atoms with E-state index in [-0.39, 0.29) is 45.2 Å². The summed E-state index contributed by atoms with van der Waals surface area (Å²) >= 11 is 6.32. The summed E-state index contributed by atoms with van der Waals surface area (Å²) in [7, 11) is 1.28. The van der Waals surface area contributed by atoms with E-state index in [9.17, 15) is 69.9 Å². The highest BCUT2D eigenvalue weighted by atomic mass is 35.5. The summed E-state index contributed by atoms with van der Waals surface area (Å²) in [6, 6.07) is 7.07. The third kappa shape index (κ3) is 8.28. The molecule has 21 nitrogen and oxygen atoms in total. The van der Waals surface area contributed by atoms with Gasteiger partial charge >= 0.3 is 12.1 Å². The molecule has 3 aromatic carbocycles. The number of phenolic OH excluding ortho intramolecular Hbond substituents is 2. The number of carboxylic acids is 1. The van der Waals surface area contributed by atoms with E-state index in [1.165, 1.54) is 50.4 Å². The highest BCUT2D eigenvalue weighted by Gasteiger charge is 2.51. The molecule has 0 radical (unpaired) electrons. The zero-order valence-electron chi connectivity index (χ0n) is 33.2. The molecule has 2 aliphatic heterocycles. The Kier molecular flexibility index (Phi) is 12.7. The van der Waals surface area contributed by atoms with Crippen LogP contribution in [0, 0.1) is 0 Å². The molecule has 4 aliphatic rings. The summed E-state index contributed by atoms with van der Waals surface area (Å²) in [6.07, 6.45) is -17.4. The van der Waals surface area contributed by atoms with Crippen LogP contribution in [0.1, 0.15) is 74.4 Å². The molecule has 0 spiro atoms. The number of nitrogens with one attached hydrogen (secondary N) is 1. The molecular weight excluding hydrogens is 862 g/mol. The number of carbonyl (C=O) groups is 5. The van der Waals surface area contributed by atoms with Crippen LogP contribution < -0.4 is 14.8 Å². The van der Waals surface area contributed by atoms with Crippen molar-refractivity contribution in [2.45, 2.75) is 99.7 Å². The molecule has 2 aliphatic carbocycles. The minimum absolute atomic E-state index is 0.0194. The summed E-state index contributed by atoms with van der Waals surface area (Å²) in [6.45, 7) is -0.0766. The zero-order valence-corrected chi connectivity index (χ0v) is 33.9. The Morgan fingerprint density at radius 3 is 2.30 bits per heavy atom. The van der Waals surface area contributed by atoms with Gasteiger partial charge in [-0.3, -0.25) is 14.4 Å². The molecule has 7 rings (SSSR count). The van der Waals surface area contributed by atoms with E-state index < -0.39 is 145 Å². The lowest BCUT2D eigenvalue weighted by atomic mass is 9.72. The Labute approximate surface area is 360 Å². The fraction of sp³-hybridized carbons (Fsp3) is 0.439. The number of aliphatic hydroxyl groups excluding tert-OH is 5. The van der Waals surface area contributed by atoms with E-state index in [0.29, 0.717) is 5.56 Å². The molecule has 0 bridgehead atoms. The van der Waals surface area contributed by atoms with Gasteiger partial charge in [-0.15, -0.1) is 0 Å². The summed E-state index contributed by atoms with van der Waals surface area (Å²) in [5.41, 5.74) is -4.14. The molecule has 22 heteroatoms. The van der Waals surface area contributed by atoms with Crippen molar-refractivity contribution < 1.29 is 98.4 Å². The summed E-state index contributed by atoms with van der Waals surface area (Å²) in [5, 5.41) is 97.6. The van der Waals surface area contributed by atoms with Crippen molar-refractivity contribution in [3.63, 3.8) is 0 Å². The standard InChI is InChI=1S/C41H42ClNO20/c1-14-29(46)19(43-40(56)59-13-15-6-7-20(18(42)8-15)62-39-36(53)34(51)35(52)37(63-39)38(54)55)9-24(60-14)61-22-11-41(57,23(45)12-44)10-17-26(22)33(50)28-27(31(17)48)30(47)16-4-3-5-21(58-2)25(16)32(28)49/h3-8,14,19,22,24,29,34-37,39,44,46,48,50-53,57H,9-13H2,1-2H3,(H,43,56)(H,54,55)/t14-,19+,22-,24-,29+,34-,35-,36-,37+,39+,41-/m0/s1. The molecule has 2 saturated heterocycles. The number of phenols is 2. The largest absolute Gasteiger partial charge is 0.507 e. The molecule has 2 heterocycles. The van der Waals surface area contributed by atoms with Crippen LogP contribution in [0.25, 0.3) is 0 Å². The molecule has 1 amide bonds. The van der Waals surface area contributed by atoms with Crippen LogP contribution in [0.4, 0.5) is 4.79 Å². The van der Waals surface area contributed by atoms with Gasteiger partial charge in [0.25, 0.3) is 0 Å². The second-order valence-corrected chi connectivity index (χ2v) is 15.8. The van der Waals surface area contributed by atoms with Crippen LogP contribution >= 0.6 is 11.6 Å². The maximum Gasteiger partial charge on any atom is 0.407 e. The number of methoxy groups -OCH3 is 1. The Morgan fingerprint density at radius 1 is 0.921 bits per heavy atom. The quantitative estimate of drug-likeness (QED) is 0.0878. The number of fused-ring (bicyclic) bond motifs is 3. The Morgan fingerprint density at radius 2 is 1.63 bits per heavy atom. The molecule has 10 N–H and O–H groups in total. The van der Waals surface area contributed by atoms with Crippen molar-refractivity contribution in [1.82, 2.24) is 5.32 Å². The van der Waals surface area contributed by atoms with Gasteiger partial charge in [-0.05, 0) is 30.7 Å². The third-order valence-electron chi connectivity index (χ3n) is 11.5. The molecule has 0 unspecified atom stereocenters. The number of rotatable bonds is 11. The summed E-state index contributed by atoms with van der Waals surface area (Å²) in [4.78, 5) is 65.2. The van der Waals surface area contributed by atoms with Gasteiger partial charge < -0.3 is 79.7 Å². The van der Waals surface area contributed by atoms with Crippen molar-refractivity contribution in [1.29, 1.82) is 0 Å². The maximum absolute atomic E-state index is 14.0. The average molecular weight is 904 g/mol. The number of carboxylic acid groups (broad SMARTS) is 1. The number of ketones is 3. The van der Waals surface area contributed by atoms with Crippen LogP contribution in [0.3, 0.4) is 0 Å². The number of alkyl carbamates (subject to hydrolysis) is 1. The van der Waals surface area contributed by atoms with E-state index in [1.54, 1.807) is 0 Å². The minimum Gasteiger partial charge on any atom is -0.507 e. The molecule has 63 heavy (non-hydrogen) atoms. The highest BCUT2D eigenvalue weighted by Crippen LogP contribution is 2.52. The van der Waals surface area contributed by atoms with Crippen LogP contribution in [0.2, 0.25) is 5.02 Å². The highest BCUT2D eigenvalue weighted by molar-refractivity contribution is 6.32. The molecule has 0 aromatic heterocycles. The van der Waals surface area contributed by atoms with Gasteiger partial charge in [0, 0.05) is 36.0 Å². The van der Waals surface area contributed by atoms with Gasteiger partial charge in [-0.1, -0.05) is 29.8 Å². The topological polar surface area (TPSA) is 335 Å². The fourth-order valence-electron chi connectivity index (χ4n) is 8.20. The smallest absolute Gasteiger partial charge is 0.407 e. The first kappa shape index (κ1) is 45.6. The normalized spacial score (nSPS) is 30.0. The van der Waals surface area contributed by atoms with Crippen LogP contribution in [0.5, 0.6) is 23.0 Å². The number of ether oxygens (including phenoxy) is 6. The van der Waals surface area contributed by atoms with Gasteiger partial charge in [0.1, 0.15) is 66.2 Å². The van der Waals surface area contributed by atoms with Crippen LogP contribution in [-0.4, -0.2) is 150 Å². The van der Waals surface area contributed by atoms with E-state index in [2.05, 4.69) is 5.32 Å². The van der Waals surface area contributed by atoms with Gasteiger partial charge in [-0.2, -0.15) is 0 Å². The fourth-order valence-corrected chi connectivity index (χ4v) is 8.45. The molecule has 338 valence electrons. The van der Waals surface area contributed by atoms with Crippen molar-refractivity contribution >= 4 is 41.0 Å². The van der Waals surface area contributed by atoms with E-state index >= 15 is 0 Å². The Bertz CT molecular complexity index is 2360. The molecule has 0 saturated carbocycles. The lowest BCUT2D eigenvalue weighted by Crippen LogP contribution is -2.61. The lowest BCUT2D eigenvalue weighted by molar-refractivity contribution is -0.271. The Balaban J connectivity index is 1.07. The second kappa shape index (κ2) is 17.6. The van der Waals surface area contributed by atoms with Crippen molar-refractivity contribution in [2.24, 2.45) is 0 Å². The first-order valence-corrected chi connectivity index (χ1v) is 19.7. The average Bonchev–Trinajstić information content (AvgIpc) is 3.24. The van der Waals surface area contributed by atoms with E-state index in [4.69, 9.17) is 40.0 Å². The first-order valence-electron chi connectivity index (χ1n) is 19.3. The Hall–Kier alpha value is -5.46. The summed E-state index contributed by atoms with van der Waals surface area (Å²) < 4.78 is 33.3. The number of hydrogen-bond acceptors (Lipinski definition) is 19. The number of hydrogen-bond donors (Lipinski definition) is 10. The third-order valence-corrected chi connectivity index (χ3v) is 11.8. The lowest BCUT2D eigenvalue weighted by Gasteiger charge is -2.42. The second-order valence-electron chi connectivity index (χ2n) is 15.4. The number of Topliss-reactive ketones (excluding diaryl/α,β-unsaturated/α-hetero) is 1. The van der Waals surface area contributed by atoms with Crippen LogP contribution in [-0.2, 0) is 41.6 Å². The summed E-state index contributed by atoms with van der Waals surface area (Å²) in [5.74, 6) is -6.13. The zero-order chi connectivity index (χ0) is 45.8. The molecule has 2 fully saturated rings. The molecular formula is C41H42ClNO20. The van der Waals surface area contributed by atoms with Crippen LogP contribution in [0.15, 0.2) is 36.4 Å². The van der Waals surface area contributed by atoms with Crippen molar-refractivity contribution in [3.05, 3.63) is 80.4 Å². The predicted molar refractivity (Wildman–Crippen MR) is 207 cm³/mol. The van der Waals surface area contributed by atoms with Gasteiger partial charge in [-0.25, -0.2) is 9.59 Å². The SMILES string of the molecule is COc1cccc2c1C(=O)c1c(O)c3c(c(O)c1C2=O)C[C@@](O)(C(=O)CO)C[C@@H]3O[C@H]1C[C@@H](NC(=O)OCc2ccc(O[C@@H]3O[C@@H](C(=O)O)[C@@H](O)[C@H](O)[C@@H]3O)c(Cl)c2)[C@H](O)[C@H](C)O1. The van der Waals surface area contributed by atoms with Gasteiger partial charge in [0.15, 0.2) is 24.0 Å². The number of amides is 1. The maximum atomic E-state index is 14.0. The molecule has 3 aromatic rings. The number of halogens is 1. The number of benzene rings is 3. The van der Waals surface area contributed by atoms with E-state index in [0.717, 1.165) is 0 Å². The molecule has 11 atom stereocenters. The first-order chi connectivity index (χ1) is 29.8. The van der Waals surface area contributed by atoms with E-state index in [1.807, 2.05) is 0 Å². The monoisotopic (exact) mass is 903 g/mol.